The predicted octanol–water partition coefficient (Wildman–Crippen LogP) is 6.74. The fourth-order valence-electron chi connectivity index (χ4n) is 2.10. The van der Waals surface area contributed by atoms with Gasteiger partial charge in [0.25, 0.3) is 0 Å². The molecular weight excluding hydrogens is 552 g/mol. The Kier molecular flexibility index (Phi) is 9.61. The first-order valence-corrected chi connectivity index (χ1v) is 11.0. The highest BCUT2D eigenvalue weighted by atomic mass is 79.9. The van der Waals surface area contributed by atoms with Gasteiger partial charge in [-0.2, -0.15) is 0 Å². The van der Waals surface area contributed by atoms with Crippen LogP contribution in [0.4, 0.5) is 0 Å². The third-order valence-corrected chi connectivity index (χ3v) is 5.13. The van der Waals surface area contributed by atoms with E-state index in [0.29, 0.717) is 16.6 Å². The molecular formula is C22H17Br3O3. The van der Waals surface area contributed by atoms with Crippen molar-refractivity contribution < 1.29 is 14.3 Å². The molecule has 3 rings (SSSR count). The first kappa shape index (κ1) is 22.5. The topological polar surface area (TPSA) is 43.4 Å². The second kappa shape index (κ2) is 11.9. The number of benzene rings is 3. The molecule has 0 saturated heterocycles. The van der Waals surface area contributed by atoms with Crippen molar-refractivity contribution in [2.75, 3.05) is 11.9 Å². The summed E-state index contributed by atoms with van der Waals surface area (Å²) in [5.41, 5.74) is 1.40. The molecule has 0 aliphatic rings. The Morgan fingerprint density at radius 3 is 1.61 bits per heavy atom. The van der Waals surface area contributed by atoms with Crippen molar-refractivity contribution in [3.63, 3.8) is 0 Å². The maximum atomic E-state index is 11.8. The summed E-state index contributed by atoms with van der Waals surface area (Å²) in [5, 5.41) is 0.384. The van der Waals surface area contributed by atoms with Gasteiger partial charge in [0.05, 0.1) is 5.33 Å². The van der Waals surface area contributed by atoms with Crippen LogP contribution in [0.1, 0.15) is 20.7 Å². The summed E-state index contributed by atoms with van der Waals surface area (Å²) in [5.74, 6) is 0.789. The van der Waals surface area contributed by atoms with Crippen molar-refractivity contribution in [2.45, 2.75) is 0 Å². The zero-order valence-corrected chi connectivity index (χ0v) is 19.5. The van der Waals surface area contributed by atoms with E-state index in [-0.39, 0.29) is 18.2 Å². The molecule has 0 radical (unpaired) electrons. The largest absolute Gasteiger partial charge is 0.485 e. The van der Waals surface area contributed by atoms with E-state index in [9.17, 15) is 9.59 Å². The molecule has 3 aromatic rings. The molecule has 0 amide bonds. The van der Waals surface area contributed by atoms with E-state index in [2.05, 4.69) is 47.8 Å². The van der Waals surface area contributed by atoms with Gasteiger partial charge in [-0.25, -0.2) is 0 Å². The van der Waals surface area contributed by atoms with E-state index < -0.39 is 0 Å². The predicted molar refractivity (Wildman–Crippen MR) is 123 cm³/mol. The Morgan fingerprint density at radius 2 is 1.14 bits per heavy atom. The molecule has 3 nitrogen and oxygen atoms in total. The molecule has 0 heterocycles. The van der Waals surface area contributed by atoms with Crippen LogP contribution in [-0.4, -0.2) is 23.5 Å². The van der Waals surface area contributed by atoms with Gasteiger partial charge in [0.2, 0.25) is 0 Å². The number of Topliss-reactive ketones (excluding diaryl/α,β-unsaturated/α-hetero) is 2. The molecule has 0 aromatic heterocycles. The smallest absolute Gasteiger partial charge is 0.200 e. The lowest BCUT2D eigenvalue weighted by Crippen LogP contribution is -2.11. The summed E-state index contributed by atoms with van der Waals surface area (Å²) < 4.78 is 7.34. The lowest BCUT2D eigenvalue weighted by Gasteiger charge is -2.05. The van der Waals surface area contributed by atoms with Gasteiger partial charge in [-0.3, -0.25) is 9.59 Å². The van der Waals surface area contributed by atoms with Gasteiger partial charge in [0, 0.05) is 20.1 Å². The number of halogens is 3. The number of ketones is 2. The second-order valence-electron chi connectivity index (χ2n) is 5.60. The summed E-state index contributed by atoms with van der Waals surface area (Å²) in [7, 11) is 0. The number of carbonyl (C=O) groups is 2. The molecule has 0 bridgehead atoms. The molecule has 0 unspecified atom stereocenters. The number of alkyl halides is 1. The Labute approximate surface area is 189 Å². The quantitative estimate of drug-likeness (QED) is 0.244. The number of hydrogen-bond acceptors (Lipinski definition) is 3. The van der Waals surface area contributed by atoms with Gasteiger partial charge < -0.3 is 4.74 Å². The average Bonchev–Trinajstić information content (AvgIpc) is 2.74. The van der Waals surface area contributed by atoms with E-state index in [0.717, 1.165) is 14.5 Å². The van der Waals surface area contributed by atoms with Crippen molar-refractivity contribution >= 4 is 59.4 Å². The molecule has 6 heteroatoms. The lowest BCUT2D eigenvalue weighted by molar-refractivity contribution is 0.0921. The average molecular weight is 569 g/mol. The summed E-state index contributed by atoms with van der Waals surface area (Å²) in [6.07, 6.45) is 0. The van der Waals surface area contributed by atoms with E-state index in [4.69, 9.17) is 4.74 Å². The van der Waals surface area contributed by atoms with Gasteiger partial charge >= 0.3 is 0 Å². The molecule has 0 saturated carbocycles. The van der Waals surface area contributed by atoms with Crippen molar-refractivity contribution in [3.05, 3.63) is 98.9 Å². The minimum absolute atomic E-state index is 0.0265. The molecule has 28 heavy (non-hydrogen) atoms. The zero-order chi connectivity index (χ0) is 20.4. The van der Waals surface area contributed by atoms with Crippen LogP contribution < -0.4 is 4.74 Å². The van der Waals surface area contributed by atoms with Crippen LogP contribution >= 0.6 is 47.8 Å². The summed E-state index contributed by atoms with van der Waals surface area (Å²) in [4.78, 5) is 22.9. The number of rotatable bonds is 6. The lowest BCUT2D eigenvalue weighted by atomic mass is 10.1. The zero-order valence-electron chi connectivity index (χ0n) is 14.8. The molecule has 0 N–H and O–H groups in total. The van der Waals surface area contributed by atoms with E-state index in [1.165, 1.54) is 0 Å². The number of carbonyl (C=O) groups excluding carboxylic acids is 2. The third-order valence-electron chi connectivity index (χ3n) is 3.57. The summed E-state index contributed by atoms with van der Waals surface area (Å²) in [6, 6.07) is 23.9. The highest BCUT2D eigenvalue weighted by molar-refractivity contribution is 9.10. The Bertz CT molecular complexity index is 893. The fourth-order valence-corrected chi connectivity index (χ4v) is 2.95. The monoisotopic (exact) mass is 566 g/mol. The van der Waals surface area contributed by atoms with Crippen LogP contribution in [0.25, 0.3) is 0 Å². The molecule has 144 valence electrons. The van der Waals surface area contributed by atoms with Gasteiger partial charge in [0.15, 0.2) is 18.2 Å². The highest BCUT2D eigenvalue weighted by Crippen LogP contribution is 2.13. The summed E-state index contributed by atoms with van der Waals surface area (Å²) >= 11 is 9.73. The van der Waals surface area contributed by atoms with Gasteiger partial charge in [-0.1, -0.05) is 90.3 Å². The van der Waals surface area contributed by atoms with E-state index in [1.54, 1.807) is 24.3 Å². The highest BCUT2D eigenvalue weighted by Gasteiger charge is 2.06. The van der Waals surface area contributed by atoms with Gasteiger partial charge in [0.1, 0.15) is 5.75 Å². The van der Waals surface area contributed by atoms with Gasteiger partial charge in [-0.05, 0) is 36.4 Å². The SMILES string of the molecule is O=C(CBr)c1ccc(Br)cc1.O=C(COc1ccccc1)c1ccc(Br)cc1. The van der Waals surface area contributed by atoms with Crippen molar-refractivity contribution in [1.29, 1.82) is 0 Å². The normalized spacial score (nSPS) is 9.82. The Hall–Kier alpha value is -1.76. The minimum atomic E-state index is -0.0265. The maximum absolute atomic E-state index is 11.8. The Morgan fingerprint density at radius 1 is 0.679 bits per heavy atom. The van der Waals surface area contributed by atoms with Crippen LogP contribution in [0.2, 0.25) is 0 Å². The van der Waals surface area contributed by atoms with Crippen LogP contribution in [-0.2, 0) is 0 Å². The molecule has 3 aromatic carbocycles. The van der Waals surface area contributed by atoms with Crippen molar-refractivity contribution in [1.82, 2.24) is 0 Å². The molecule has 0 aliphatic carbocycles. The fraction of sp³-hybridized carbons (Fsp3) is 0.0909. The number of ether oxygens (including phenoxy) is 1. The molecule has 0 atom stereocenters. The van der Waals surface area contributed by atoms with Crippen LogP contribution in [0, 0.1) is 0 Å². The molecule has 0 aliphatic heterocycles. The first-order chi connectivity index (χ1) is 13.5. The van der Waals surface area contributed by atoms with Crippen LogP contribution in [0.5, 0.6) is 5.75 Å². The van der Waals surface area contributed by atoms with Crippen LogP contribution in [0.15, 0.2) is 87.8 Å². The van der Waals surface area contributed by atoms with Crippen molar-refractivity contribution in [3.8, 4) is 5.75 Å². The Balaban J connectivity index is 0.000000221. The van der Waals surface area contributed by atoms with E-state index >= 15 is 0 Å². The van der Waals surface area contributed by atoms with E-state index in [1.807, 2.05) is 54.6 Å². The van der Waals surface area contributed by atoms with Crippen molar-refractivity contribution in [2.24, 2.45) is 0 Å². The first-order valence-electron chi connectivity index (χ1n) is 8.31. The third kappa shape index (κ3) is 7.70. The second-order valence-corrected chi connectivity index (χ2v) is 7.99. The van der Waals surface area contributed by atoms with Crippen LogP contribution in [0.3, 0.4) is 0 Å². The van der Waals surface area contributed by atoms with Gasteiger partial charge in [-0.15, -0.1) is 0 Å². The molecule has 0 fully saturated rings. The number of para-hydroxylation sites is 1. The number of hydrogen-bond donors (Lipinski definition) is 0. The molecule has 0 spiro atoms. The minimum Gasteiger partial charge on any atom is -0.485 e. The summed E-state index contributed by atoms with van der Waals surface area (Å²) in [6.45, 7) is 0.0612. The maximum Gasteiger partial charge on any atom is 0.200 e. The standard InChI is InChI=1S/C14H11BrO2.C8H6Br2O/c15-12-8-6-11(7-9-12)14(16)10-17-13-4-2-1-3-5-13;9-5-8(11)6-1-3-7(10)4-2-6/h1-9H,10H2;1-4H,5H2.